The van der Waals surface area contributed by atoms with E-state index in [1.165, 1.54) is 0 Å². The quantitative estimate of drug-likeness (QED) is 0.792. The Labute approximate surface area is 124 Å². The van der Waals surface area contributed by atoms with Crippen molar-refractivity contribution in [3.8, 4) is 0 Å². The van der Waals surface area contributed by atoms with Gasteiger partial charge in [-0.05, 0) is 26.0 Å². The van der Waals surface area contributed by atoms with Gasteiger partial charge in [0.25, 0.3) is 0 Å². The molecule has 0 unspecified atom stereocenters. The highest BCUT2D eigenvalue weighted by molar-refractivity contribution is 6.30. The molecule has 0 amide bonds. The van der Waals surface area contributed by atoms with Crippen molar-refractivity contribution in [2.24, 2.45) is 0 Å². The van der Waals surface area contributed by atoms with Crippen LogP contribution in [0.5, 0.6) is 0 Å². The van der Waals surface area contributed by atoms with Gasteiger partial charge in [-0.2, -0.15) is 0 Å². The second-order valence-corrected chi connectivity index (χ2v) is 5.94. The molecule has 2 aromatic rings. The van der Waals surface area contributed by atoms with Crippen molar-refractivity contribution in [1.29, 1.82) is 0 Å². The molecule has 0 radical (unpaired) electrons. The molecule has 0 N–H and O–H groups in total. The van der Waals surface area contributed by atoms with Crippen molar-refractivity contribution in [1.82, 2.24) is 9.88 Å². The van der Waals surface area contributed by atoms with Gasteiger partial charge >= 0.3 is 0 Å². The van der Waals surface area contributed by atoms with Gasteiger partial charge in [-0.1, -0.05) is 29.8 Å². The van der Waals surface area contributed by atoms with Gasteiger partial charge in [0.2, 0.25) is 0 Å². The first-order chi connectivity index (χ1) is 9.61. The molecule has 2 heterocycles. The van der Waals surface area contributed by atoms with E-state index in [4.69, 9.17) is 16.3 Å². The third kappa shape index (κ3) is 2.95. The lowest BCUT2D eigenvalue weighted by Gasteiger charge is -2.35. The molecule has 1 aromatic carbocycles. The van der Waals surface area contributed by atoms with Crippen LogP contribution in [0.4, 0.5) is 0 Å². The van der Waals surface area contributed by atoms with Gasteiger partial charge in [-0.3, -0.25) is 4.90 Å². The minimum atomic E-state index is 0.269. The third-order valence-electron chi connectivity index (χ3n) is 3.64. The third-order valence-corrected chi connectivity index (χ3v) is 3.97. The highest BCUT2D eigenvalue weighted by Crippen LogP contribution is 2.23. The van der Waals surface area contributed by atoms with E-state index in [9.17, 15) is 0 Å². The summed E-state index contributed by atoms with van der Waals surface area (Å²) in [4.78, 5) is 6.87. The SMILES string of the molecule is C[C@H]1CN(Cc2cc3ccccc3nc2Cl)C[C@H](C)O1. The molecule has 2 atom stereocenters. The largest absolute Gasteiger partial charge is 0.373 e. The van der Waals surface area contributed by atoms with Crippen LogP contribution in [-0.2, 0) is 11.3 Å². The van der Waals surface area contributed by atoms with E-state index >= 15 is 0 Å². The molecular weight excluding hydrogens is 272 g/mol. The van der Waals surface area contributed by atoms with Crippen LogP contribution >= 0.6 is 11.6 Å². The predicted molar refractivity (Wildman–Crippen MR) is 82.0 cm³/mol. The Morgan fingerprint density at radius 2 is 1.95 bits per heavy atom. The van der Waals surface area contributed by atoms with Crippen molar-refractivity contribution in [2.75, 3.05) is 13.1 Å². The fourth-order valence-electron chi connectivity index (χ4n) is 2.90. The van der Waals surface area contributed by atoms with E-state index in [-0.39, 0.29) is 12.2 Å². The molecule has 1 aliphatic rings. The summed E-state index contributed by atoms with van der Waals surface area (Å²) < 4.78 is 5.76. The molecule has 1 saturated heterocycles. The van der Waals surface area contributed by atoms with Gasteiger partial charge in [0.05, 0.1) is 17.7 Å². The average Bonchev–Trinajstić information content (AvgIpc) is 2.38. The maximum absolute atomic E-state index is 6.33. The highest BCUT2D eigenvalue weighted by Gasteiger charge is 2.22. The number of benzene rings is 1. The fourth-order valence-corrected chi connectivity index (χ4v) is 3.11. The molecule has 3 nitrogen and oxygen atoms in total. The Morgan fingerprint density at radius 3 is 2.70 bits per heavy atom. The zero-order chi connectivity index (χ0) is 14.1. The molecule has 106 valence electrons. The molecule has 0 bridgehead atoms. The molecule has 4 heteroatoms. The van der Waals surface area contributed by atoms with Crippen LogP contribution in [0, 0.1) is 0 Å². The molecule has 1 aliphatic heterocycles. The Bertz CT molecular complexity index is 606. The van der Waals surface area contributed by atoms with Gasteiger partial charge in [-0.15, -0.1) is 0 Å². The van der Waals surface area contributed by atoms with Crippen molar-refractivity contribution in [3.63, 3.8) is 0 Å². The molecule has 3 rings (SSSR count). The number of para-hydroxylation sites is 1. The number of aromatic nitrogens is 1. The zero-order valence-electron chi connectivity index (χ0n) is 11.8. The van der Waals surface area contributed by atoms with E-state index in [0.717, 1.165) is 36.1 Å². The van der Waals surface area contributed by atoms with Crippen LogP contribution in [0.25, 0.3) is 10.9 Å². The molecule has 1 aromatic heterocycles. The van der Waals surface area contributed by atoms with Gasteiger partial charge < -0.3 is 4.74 Å². The van der Waals surface area contributed by atoms with E-state index in [0.29, 0.717) is 5.15 Å². The van der Waals surface area contributed by atoms with Crippen molar-refractivity contribution < 1.29 is 4.74 Å². The first kappa shape index (κ1) is 13.8. The normalized spacial score (nSPS) is 24.1. The van der Waals surface area contributed by atoms with E-state index in [1.807, 2.05) is 18.2 Å². The second kappa shape index (κ2) is 5.68. The minimum Gasteiger partial charge on any atom is -0.373 e. The van der Waals surface area contributed by atoms with Gasteiger partial charge in [0.1, 0.15) is 5.15 Å². The van der Waals surface area contributed by atoms with Crippen molar-refractivity contribution in [2.45, 2.75) is 32.6 Å². The number of fused-ring (bicyclic) bond motifs is 1. The maximum Gasteiger partial charge on any atom is 0.134 e. The summed E-state index contributed by atoms with van der Waals surface area (Å²) in [7, 11) is 0. The van der Waals surface area contributed by atoms with Gasteiger partial charge in [0, 0.05) is 30.6 Å². The first-order valence-electron chi connectivity index (χ1n) is 7.04. The minimum absolute atomic E-state index is 0.269. The smallest absolute Gasteiger partial charge is 0.134 e. The Hall–Kier alpha value is -1.16. The Kier molecular flexibility index (Phi) is 3.92. The summed E-state index contributed by atoms with van der Waals surface area (Å²) in [5, 5.41) is 1.75. The number of hydrogen-bond donors (Lipinski definition) is 0. The summed E-state index contributed by atoms with van der Waals surface area (Å²) in [6.07, 6.45) is 0.539. The topological polar surface area (TPSA) is 25.4 Å². The first-order valence-corrected chi connectivity index (χ1v) is 7.41. The number of hydrogen-bond acceptors (Lipinski definition) is 3. The van der Waals surface area contributed by atoms with Crippen molar-refractivity contribution >= 4 is 22.5 Å². The summed E-state index contributed by atoms with van der Waals surface area (Å²) in [5.41, 5.74) is 2.04. The van der Waals surface area contributed by atoms with E-state index in [2.05, 4.69) is 35.9 Å². The lowest BCUT2D eigenvalue weighted by molar-refractivity contribution is -0.0704. The van der Waals surface area contributed by atoms with E-state index in [1.54, 1.807) is 0 Å². The van der Waals surface area contributed by atoms with Crippen molar-refractivity contribution in [3.05, 3.63) is 41.0 Å². The van der Waals surface area contributed by atoms with Gasteiger partial charge in [-0.25, -0.2) is 4.98 Å². The van der Waals surface area contributed by atoms with Crippen LogP contribution in [0.1, 0.15) is 19.4 Å². The average molecular weight is 291 g/mol. The number of ether oxygens (including phenoxy) is 1. The fraction of sp³-hybridized carbons (Fsp3) is 0.438. The molecule has 0 aliphatic carbocycles. The standard InChI is InChI=1S/C16H19ClN2O/c1-11-8-19(9-12(2)20-11)10-14-7-13-5-3-4-6-15(13)18-16(14)17/h3-7,11-12H,8-10H2,1-2H3/t11-,12-/m0/s1. The number of rotatable bonds is 2. The monoisotopic (exact) mass is 290 g/mol. The van der Waals surface area contributed by atoms with Gasteiger partial charge in [0.15, 0.2) is 0 Å². The maximum atomic E-state index is 6.33. The summed E-state index contributed by atoms with van der Waals surface area (Å²) in [6, 6.07) is 10.2. The molecule has 1 fully saturated rings. The van der Waals surface area contributed by atoms with Crippen LogP contribution in [0.15, 0.2) is 30.3 Å². The number of pyridine rings is 1. The number of nitrogens with zero attached hydrogens (tertiary/aromatic N) is 2. The molecule has 0 saturated carbocycles. The molecular formula is C16H19ClN2O. The number of halogens is 1. The van der Waals surface area contributed by atoms with Crippen LogP contribution in [-0.4, -0.2) is 35.2 Å². The summed E-state index contributed by atoms with van der Waals surface area (Å²) in [5.74, 6) is 0. The molecule has 0 spiro atoms. The zero-order valence-corrected chi connectivity index (χ0v) is 12.6. The summed E-state index contributed by atoms with van der Waals surface area (Å²) in [6.45, 7) is 6.93. The Morgan fingerprint density at radius 1 is 1.25 bits per heavy atom. The highest BCUT2D eigenvalue weighted by atomic mass is 35.5. The predicted octanol–water partition coefficient (Wildman–Crippen LogP) is 3.50. The number of morpholine rings is 1. The Balaban J connectivity index is 1.85. The summed E-state index contributed by atoms with van der Waals surface area (Å²) >= 11 is 6.33. The van der Waals surface area contributed by atoms with Crippen LogP contribution < -0.4 is 0 Å². The second-order valence-electron chi connectivity index (χ2n) is 5.58. The molecule has 20 heavy (non-hydrogen) atoms. The lowest BCUT2D eigenvalue weighted by atomic mass is 10.1. The lowest BCUT2D eigenvalue weighted by Crippen LogP contribution is -2.44. The van der Waals surface area contributed by atoms with Crippen LogP contribution in [0.3, 0.4) is 0 Å². The van der Waals surface area contributed by atoms with Crippen LogP contribution in [0.2, 0.25) is 5.15 Å². The van der Waals surface area contributed by atoms with E-state index < -0.39 is 0 Å².